The van der Waals surface area contributed by atoms with Gasteiger partial charge in [0, 0.05) is 35.3 Å². The lowest BCUT2D eigenvalue weighted by molar-refractivity contribution is -0.120. The predicted octanol–water partition coefficient (Wildman–Crippen LogP) is 7.90. The Bertz CT molecular complexity index is 1780. The smallest absolute Gasteiger partial charge is 0.410 e. The molecular formula is C36H43N5O6. The average molecular weight is 642 g/mol. The number of ether oxygens (including phenoxy) is 2. The molecule has 2 aromatic carbocycles. The van der Waals surface area contributed by atoms with Crippen LogP contribution in [0.5, 0.6) is 0 Å². The normalized spacial score (nSPS) is 18.5. The van der Waals surface area contributed by atoms with Crippen molar-refractivity contribution >= 4 is 34.8 Å². The molecule has 2 aromatic heterocycles. The minimum atomic E-state index is -0.626. The molecule has 0 unspecified atom stereocenters. The van der Waals surface area contributed by atoms with E-state index in [0.717, 1.165) is 52.9 Å². The minimum Gasteiger partial charge on any atom is -0.456 e. The SMILES string of the molecule is CC(C)(C)OC(=O)N1CCC[C@H]1C(=O)Nc1ccc(-c2cc3cc(-c4cnc([C@@H]5CCCN5C(=O)OC(C)(C)C)[nH]4)ccc3o2)cc1. The summed E-state index contributed by atoms with van der Waals surface area (Å²) >= 11 is 0. The van der Waals surface area contributed by atoms with Crippen LogP contribution in [0.4, 0.5) is 15.3 Å². The number of nitrogens with one attached hydrogen (secondary N) is 2. The number of benzene rings is 2. The molecule has 11 heteroatoms. The van der Waals surface area contributed by atoms with Gasteiger partial charge >= 0.3 is 12.2 Å². The number of aromatic amines is 1. The number of carbonyl (C=O) groups is 3. The van der Waals surface area contributed by atoms with E-state index in [1.807, 2.05) is 90.1 Å². The van der Waals surface area contributed by atoms with Gasteiger partial charge in [-0.15, -0.1) is 0 Å². The van der Waals surface area contributed by atoms with Crippen molar-refractivity contribution < 1.29 is 28.3 Å². The van der Waals surface area contributed by atoms with Gasteiger partial charge in [-0.2, -0.15) is 0 Å². The lowest BCUT2D eigenvalue weighted by Crippen LogP contribution is -2.45. The van der Waals surface area contributed by atoms with Crippen LogP contribution in [-0.2, 0) is 14.3 Å². The lowest BCUT2D eigenvalue weighted by Gasteiger charge is -2.28. The van der Waals surface area contributed by atoms with Crippen LogP contribution in [0.1, 0.15) is 79.1 Å². The Labute approximate surface area is 274 Å². The Morgan fingerprint density at radius 2 is 1.49 bits per heavy atom. The van der Waals surface area contributed by atoms with Gasteiger partial charge in [-0.25, -0.2) is 14.6 Å². The number of hydrogen-bond acceptors (Lipinski definition) is 7. The van der Waals surface area contributed by atoms with Gasteiger partial charge in [-0.05, 0) is 116 Å². The van der Waals surface area contributed by atoms with Crippen molar-refractivity contribution in [2.45, 2.75) is 90.5 Å². The first-order chi connectivity index (χ1) is 22.2. The van der Waals surface area contributed by atoms with Crippen molar-refractivity contribution in [3.63, 3.8) is 0 Å². The third kappa shape index (κ3) is 7.29. The Morgan fingerprint density at radius 1 is 0.851 bits per heavy atom. The second-order valence-corrected chi connectivity index (χ2v) is 14.3. The van der Waals surface area contributed by atoms with Gasteiger partial charge in [-0.1, -0.05) is 0 Å². The molecule has 4 aromatic rings. The minimum absolute atomic E-state index is 0.155. The van der Waals surface area contributed by atoms with E-state index in [-0.39, 0.29) is 18.0 Å². The summed E-state index contributed by atoms with van der Waals surface area (Å²) in [5, 5.41) is 3.88. The molecule has 2 aliphatic rings. The molecule has 0 saturated carbocycles. The van der Waals surface area contributed by atoms with Gasteiger partial charge in [0.25, 0.3) is 0 Å². The molecular weight excluding hydrogens is 598 g/mol. The van der Waals surface area contributed by atoms with Gasteiger partial charge in [0.2, 0.25) is 5.91 Å². The van der Waals surface area contributed by atoms with Crippen LogP contribution in [-0.4, -0.2) is 68.2 Å². The molecule has 4 heterocycles. The number of aromatic nitrogens is 2. The van der Waals surface area contributed by atoms with E-state index in [9.17, 15) is 14.4 Å². The summed E-state index contributed by atoms with van der Waals surface area (Å²) in [6.07, 6.45) is 4.07. The highest BCUT2D eigenvalue weighted by Crippen LogP contribution is 2.35. The van der Waals surface area contributed by atoms with Crippen molar-refractivity contribution in [1.29, 1.82) is 0 Å². The number of anilines is 1. The third-order valence-corrected chi connectivity index (χ3v) is 8.24. The molecule has 0 bridgehead atoms. The summed E-state index contributed by atoms with van der Waals surface area (Å²) in [5.41, 5.74) is 2.87. The van der Waals surface area contributed by atoms with Crippen LogP contribution in [0.15, 0.2) is 59.1 Å². The molecule has 0 spiro atoms. The number of amides is 3. The van der Waals surface area contributed by atoms with E-state index in [1.165, 1.54) is 4.90 Å². The second kappa shape index (κ2) is 12.4. The first-order valence-electron chi connectivity index (χ1n) is 16.2. The summed E-state index contributed by atoms with van der Waals surface area (Å²) in [7, 11) is 0. The van der Waals surface area contributed by atoms with Crippen molar-refractivity contribution in [3.05, 3.63) is 60.6 Å². The number of hydrogen-bond donors (Lipinski definition) is 2. The molecule has 47 heavy (non-hydrogen) atoms. The van der Waals surface area contributed by atoms with Gasteiger partial charge in [0.1, 0.15) is 34.4 Å². The largest absolute Gasteiger partial charge is 0.456 e. The zero-order valence-electron chi connectivity index (χ0n) is 27.9. The number of rotatable bonds is 5. The molecule has 2 aliphatic heterocycles. The molecule has 2 atom stereocenters. The lowest BCUT2D eigenvalue weighted by atomic mass is 10.1. The molecule has 11 nitrogen and oxygen atoms in total. The third-order valence-electron chi connectivity index (χ3n) is 8.24. The van der Waals surface area contributed by atoms with Crippen molar-refractivity contribution in [3.8, 4) is 22.6 Å². The van der Waals surface area contributed by atoms with Gasteiger partial charge in [0.05, 0.1) is 17.9 Å². The molecule has 0 aliphatic carbocycles. The number of H-pyrrole nitrogens is 1. The van der Waals surface area contributed by atoms with Gasteiger partial charge < -0.3 is 24.2 Å². The Morgan fingerprint density at radius 3 is 2.19 bits per heavy atom. The monoisotopic (exact) mass is 641 g/mol. The Balaban J connectivity index is 1.12. The average Bonchev–Trinajstić information content (AvgIpc) is 3.81. The van der Waals surface area contributed by atoms with Crippen LogP contribution in [0.2, 0.25) is 0 Å². The van der Waals surface area contributed by atoms with E-state index in [4.69, 9.17) is 13.9 Å². The fraction of sp³-hybridized carbons (Fsp3) is 0.444. The molecule has 0 radical (unpaired) electrons. The van der Waals surface area contributed by atoms with Crippen LogP contribution in [0.25, 0.3) is 33.6 Å². The first kappa shape index (κ1) is 32.2. The fourth-order valence-corrected chi connectivity index (χ4v) is 6.12. The summed E-state index contributed by atoms with van der Waals surface area (Å²) in [6, 6.07) is 14.7. The summed E-state index contributed by atoms with van der Waals surface area (Å²) < 4.78 is 17.3. The number of fused-ring (bicyclic) bond motifs is 1. The quantitative estimate of drug-likeness (QED) is 0.227. The predicted molar refractivity (Wildman–Crippen MR) is 179 cm³/mol. The molecule has 2 fully saturated rings. The van der Waals surface area contributed by atoms with Crippen molar-refractivity contribution in [2.75, 3.05) is 18.4 Å². The summed E-state index contributed by atoms with van der Waals surface area (Å²) in [6.45, 7) is 12.2. The highest BCUT2D eigenvalue weighted by atomic mass is 16.6. The summed E-state index contributed by atoms with van der Waals surface area (Å²) in [5.74, 6) is 1.21. The highest BCUT2D eigenvalue weighted by Gasteiger charge is 2.37. The van der Waals surface area contributed by atoms with E-state index < -0.39 is 23.3 Å². The number of nitrogens with zero attached hydrogens (tertiary/aromatic N) is 3. The van der Waals surface area contributed by atoms with E-state index in [0.29, 0.717) is 31.0 Å². The van der Waals surface area contributed by atoms with E-state index in [1.54, 1.807) is 11.1 Å². The maximum atomic E-state index is 13.1. The highest BCUT2D eigenvalue weighted by molar-refractivity contribution is 5.97. The maximum Gasteiger partial charge on any atom is 0.410 e. The van der Waals surface area contributed by atoms with Crippen LogP contribution in [0.3, 0.4) is 0 Å². The van der Waals surface area contributed by atoms with Crippen molar-refractivity contribution in [1.82, 2.24) is 19.8 Å². The van der Waals surface area contributed by atoms with Gasteiger partial charge in [-0.3, -0.25) is 14.6 Å². The van der Waals surface area contributed by atoms with Crippen molar-refractivity contribution in [2.24, 2.45) is 0 Å². The van der Waals surface area contributed by atoms with E-state index in [2.05, 4.69) is 15.3 Å². The fourth-order valence-electron chi connectivity index (χ4n) is 6.12. The van der Waals surface area contributed by atoms with Crippen LogP contribution in [0, 0.1) is 0 Å². The summed E-state index contributed by atoms with van der Waals surface area (Å²) in [4.78, 5) is 49.8. The molecule has 2 saturated heterocycles. The van der Waals surface area contributed by atoms with E-state index >= 15 is 0 Å². The Hall–Kier alpha value is -4.80. The molecule has 2 N–H and O–H groups in total. The zero-order chi connectivity index (χ0) is 33.5. The number of furan rings is 1. The van der Waals surface area contributed by atoms with Gasteiger partial charge in [0.15, 0.2) is 0 Å². The van der Waals surface area contributed by atoms with Crippen LogP contribution >= 0.6 is 0 Å². The van der Waals surface area contributed by atoms with Crippen LogP contribution < -0.4 is 5.32 Å². The topological polar surface area (TPSA) is 130 Å². The maximum absolute atomic E-state index is 13.1. The second-order valence-electron chi connectivity index (χ2n) is 14.3. The molecule has 6 rings (SSSR count). The number of likely N-dealkylation sites (tertiary alicyclic amines) is 2. The molecule has 248 valence electrons. The molecule has 3 amide bonds. The number of carbonyl (C=O) groups excluding carboxylic acids is 3. The zero-order valence-corrected chi connectivity index (χ0v) is 27.9. The number of imidazole rings is 1. The standard InChI is InChI=1S/C36H43N5O6/c1-35(2,3)46-33(43)40-17-7-9-27(40)31-37-21-26(39-31)23-13-16-29-24(19-23)20-30(45-29)22-11-14-25(15-12-22)38-32(42)28-10-8-18-41(28)34(44)47-36(4,5)6/h11-16,19-21,27-28H,7-10,17-18H2,1-6H3,(H,37,39)(H,38,42)/t27-,28-/m0/s1. The first-order valence-corrected chi connectivity index (χ1v) is 16.2. The Kier molecular flexibility index (Phi) is 8.50.